The molecule has 0 unspecified atom stereocenters. The minimum atomic E-state index is 0.118. The summed E-state index contributed by atoms with van der Waals surface area (Å²) in [5.74, 6) is 1.48. The van der Waals surface area contributed by atoms with Crippen LogP contribution in [0.2, 0.25) is 0 Å². The Hall–Kier alpha value is -1.69. The van der Waals surface area contributed by atoms with Crippen molar-refractivity contribution in [3.63, 3.8) is 0 Å². The molecular weight excluding hydrogens is 262 g/mol. The van der Waals surface area contributed by atoms with Crippen LogP contribution in [0.15, 0.2) is 10.5 Å². The van der Waals surface area contributed by atoms with Crippen LogP contribution >= 0.6 is 11.3 Å². The molecule has 0 saturated heterocycles. The summed E-state index contributed by atoms with van der Waals surface area (Å²) in [6.07, 6.45) is 2.74. The Morgan fingerprint density at radius 2 is 2.32 bits per heavy atom. The molecule has 5 nitrogen and oxygen atoms in total. The zero-order chi connectivity index (χ0) is 13.4. The summed E-state index contributed by atoms with van der Waals surface area (Å²) in [5.41, 5.74) is 0.855. The summed E-state index contributed by atoms with van der Waals surface area (Å²) in [6.45, 7) is 3.95. The Kier molecular flexibility index (Phi) is 3.10. The highest BCUT2D eigenvalue weighted by Crippen LogP contribution is 2.35. The lowest BCUT2D eigenvalue weighted by atomic mass is 10.3. The molecule has 6 heteroatoms. The van der Waals surface area contributed by atoms with E-state index in [2.05, 4.69) is 15.5 Å². The second-order valence-electron chi connectivity index (χ2n) is 4.70. The van der Waals surface area contributed by atoms with Crippen molar-refractivity contribution in [3.05, 3.63) is 16.8 Å². The Morgan fingerprint density at radius 1 is 1.53 bits per heavy atom. The highest BCUT2D eigenvalue weighted by atomic mass is 32.1. The molecule has 1 N–H and O–H groups in total. The van der Waals surface area contributed by atoms with Gasteiger partial charge in [-0.05, 0) is 25.8 Å². The van der Waals surface area contributed by atoms with Crippen molar-refractivity contribution in [2.45, 2.75) is 33.1 Å². The fourth-order valence-corrected chi connectivity index (χ4v) is 2.68. The van der Waals surface area contributed by atoms with Crippen LogP contribution in [0.25, 0.3) is 10.8 Å². The van der Waals surface area contributed by atoms with Crippen LogP contribution in [0.4, 0.5) is 5.69 Å². The number of carbonyl (C=O) groups excluding carboxylic acids is 1. The maximum Gasteiger partial charge on any atom is 0.257 e. The monoisotopic (exact) mass is 277 g/mol. The number of carbonyl (C=O) groups is 1. The smallest absolute Gasteiger partial charge is 0.257 e. The fourth-order valence-electron chi connectivity index (χ4n) is 1.79. The molecule has 1 amide bonds. The number of nitrogens with zero attached hydrogens (tertiary/aromatic N) is 2. The van der Waals surface area contributed by atoms with Crippen molar-refractivity contribution in [1.29, 1.82) is 0 Å². The van der Waals surface area contributed by atoms with Gasteiger partial charge in [-0.25, -0.2) is 0 Å². The van der Waals surface area contributed by atoms with E-state index in [4.69, 9.17) is 4.42 Å². The molecule has 0 spiro atoms. The molecule has 0 aromatic carbocycles. The number of aromatic nitrogens is 2. The highest BCUT2D eigenvalue weighted by molar-refractivity contribution is 7.15. The SMILES string of the molecule is CCc1nnc(-c2cc(NC(=O)C3CC3)c(C)s2)o1. The summed E-state index contributed by atoms with van der Waals surface area (Å²) < 4.78 is 5.53. The fraction of sp³-hybridized carbons (Fsp3) is 0.462. The minimum absolute atomic E-state index is 0.118. The van der Waals surface area contributed by atoms with Crippen LogP contribution in [0.3, 0.4) is 0 Å². The number of hydrogen-bond donors (Lipinski definition) is 1. The van der Waals surface area contributed by atoms with E-state index in [1.807, 2.05) is 19.9 Å². The summed E-state index contributed by atoms with van der Waals surface area (Å²) in [4.78, 5) is 13.7. The Morgan fingerprint density at radius 3 is 2.95 bits per heavy atom. The maximum absolute atomic E-state index is 11.8. The number of aryl methyl sites for hydroxylation is 2. The molecule has 2 aromatic heterocycles. The lowest BCUT2D eigenvalue weighted by molar-refractivity contribution is -0.117. The molecule has 2 heterocycles. The normalized spacial score (nSPS) is 14.6. The topological polar surface area (TPSA) is 68.0 Å². The van der Waals surface area contributed by atoms with Crippen LogP contribution in [0, 0.1) is 12.8 Å². The lowest BCUT2D eigenvalue weighted by Crippen LogP contribution is -2.13. The van der Waals surface area contributed by atoms with Gasteiger partial charge in [0.05, 0.1) is 10.6 Å². The standard InChI is InChI=1S/C13H15N3O2S/c1-3-11-15-16-13(18-11)10-6-9(7(2)19-10)14-12(17)8-4-5-8/h6,8H,3-5H2,1-2H3,(H,14,17). The summed E-state index contributed by atoms with van der Waals surface area (Å²) >= 11 is 1.55. The highest BCUT2D eigenvalue weighted by Gasteiger charge is 2.30. The summed E-state index contributed by atoms with van der Waals surface area (Å²) in [6, 6.07) is 1.91. The van der Waals surface area contributed by atoms with E-state index < -0.39 is 0 Å². The molecule has 19 heavy (non-hydrogen) atoms. The van der Waals surface area contributed by atoms with E-state index in [1.54, 1.807) is 11.3 Å². The van der Waals surface area contributed by atoms with Crippen LogP contribution in [0.5, 0.6) is 0 Å². The third-order valence-electron chi connectivity index (χ3n) is 3.10. The maximum atomic E-state index is 11.8. The molecular formula is C13H15N3O2S. The molecule has 0 atom stereocenters. The van der Waals surface area contributed by atoms with Crippen molar-refractivity contribution in [1.82, 2.24) is 10.2 Å². The first-order valence-electron chi connectivity index (χ1n) is 6.41. The molecule has 1 aliphatic carbocycles. The molecule has 0 aliphatic heterocycles. The zero-order valence-electron chi connectivity index (χ0n) is 10.9. The van der Waals surface area contributed by atoms with Crippen LogP contribution < -0.4 is 5.32 Å². The number of nitrogens with one attached hydrogen (secondary N) is 1. The molecule has 1 fully saturated rings. The van der Waals surface area contributed by atoms with Crippen molar-refractivity contribution in [2.24, 2.45) is 5.92 Å². The van der Waals surface area contributed by atoms with E-state index in [0.717, 1.165) is 34.7 Å². The second-order valence-corrected chi connectivity index (χ2v) is 5.95. The Balaban J connectivity index is 1.81. The molecule has 1 aliphatic rings. The van der Waals surface area contributed by atoms with Crippen molar-refractivity contribution < 1.29 is 9.21 Å². The lowest BCUT2D eigenvalue weighted by Gasteiger charge is -2.01. The first-order chi connectivity index (χ1) is 9.17. The van der Waals surface area contributed by atoms with Crippen molar-refractivity contribution in [2.75, 3.05) is 5.32 Å². The van der Waals surface area contributed by atoms with E-state index in [0.29, 0.717) is 11.8 Å². The van der Waals surface area contributed by atoms with Gasteiger partial charge in [-0.2, -0.15) is 0 Å². The molecule has 100 valence electrons. The van der Waals surface area contributed by atoms with E-state index in [-0.39, 0.29) is 11.8 Å². The van der Waals surface area contributed by atoms with Gasteiger partial charge in [-0.1, -0.05) is 6.92 Å². The predicted molar refractivity (Wildman–Crippen MR) is 73.1 cm³/mol. The van der Waals surface area contributed by atoms with E-state index in [1.165, 1.54) is 0 Å². The molecule has 2 aromatic rings. The third kappa shape index (κ3) is 2.53. The largest absolute Gasteiger partial charge is 0.420 e. The summed E-state index contributed by atoms with van der Waals surface area (Å²) in [5, 5.41) is 10.9. The number of amides is 1. The quantitative estimate of drug-likeness (QED) is 0.932. The van der Waals surface area contributed by atoms with Gasteiger partial charge in [-0.3, -0.25) is 4.79 Å². The van der Waals surface area contributed by atoms with Gasteiger partial charge in [0.2, 0.25) is 11.8 Å². The number of rotatable bonds is 4. The van der Waals surface area contributed by atoms with Gasteiger partial charge < -0.3 is 9.73 Å². The number of thiophene rings is 1. The van der Waals surface area contributed by atoms with Gasteiger partial charge in [0.15, 0.2) is 0 Å². The van der Waals surface area contributed by atoms with E-state index in [9.17, 15) is 4.79 Å². The second kappa shape index (κ2) is 4.77. The summed E-state index contributed by atoms with van der Waals surface area (Å²) in [7, 11) is 0. The zero-order valence-corrected chi connectivity index (χ0v) is 11.7. The molecule has 1 saturated carbocycles. The van der Waals surface area contributed by atoms with Gasteiger partial charge in [0, 0.05) is 17.2 Å². The van der Waals surface area contributed by atoms with Crippen molar-refractivity contribution >= 4 is 22.9 Å². The van der Waals surface area contributed by atoms with Gasteiger partial charge in [0.1, 0.15) is 0 Å². The van der Waals surface area contributed by atoms with Gasteiger partial charge in [0.25, 0.3) is 5.89 Å². The first-order valence-corrected chi connectivity index (χ1v) is 7.23. The average molecular weight is 277 g/mol. The van der Waals surface area contributed by atoms with Gasteiger partial charge in [-0.15, -0.1) is 21.5 Å². The van der Waals surface area contributed by atoms with Gasteiger partial charge >= 0.3 is 0 Å². The Labute approximate surface area is 115 Å². The molecule has 3 rings (SSSR count). The minimum Gasteiger partial charge on any atom is -0.420 e. The molecule has 0 bridgehead atoms. The number of hydrogen-bond acceptors (Lipinski definition) is 5. The average Bonchev–Trinajstić information content (AvgIpc) is 3.04. The van der Waals surface area contributed by atoms with E-state index >= 15 is 0 Å². The number of anilines is 1. The van der Waals surface area contributed by atoms with Crippen molar-refractivity contribution in [3.8, 4) is 10.8 Å². The first kappa shape index (κ1) is 12.3. The predicted octanol–water partition coefficient (Wildman–Crippen LogP) is 3.02. The van der Waals surface area contributed by atoms with Crippen LogP contribution in [-0.4, -0.2) is 16.1 Å². The Bertz CT molecular complexity index is 613. The molecule has 0 radical (unpaired) electrons. The van der Waals surface area contributed by atoms with Crippen LogP contribution in [0.1, 0.15) is 30.5 Å². The third-order valence-corrected chi connectivity index (χ3v) is 4.14. The van der Waals surface area contributed by atoms with Crippen LogP contribution in [-0.2, 0) is 11.2 Å².